The predicted octanol–water partition coefficient (Wildman–Crippen LogP) is 1.39. The van der Waals surface area contributed by atoms with E-state index in [0.29, 0.717) is 10.8 Å². The Morgan fingerprint density at radius 3 is 2.93 bits per heavy atom. The molecule has 0 spiro atoms. The Balaban J connectivity index is 2.28. The van der Waals surface area contributed by atoms with Gasteiger partial charge < -0.3 is 19.4 Å². The molecule has 2 heterocycles. The van der Waals surface area contributed by atoms with Crippen LogP contribution >= 0.6 is 12.2 Å². The van der Waals surface area contributed by atoms with Gasteiger partial charge in [-0.15, -0.1) is 0 Å². The number of aliphatic hydroxyl groups is 1. The van der Waals surface area contributed by atoms with Crippen LogP contribution in [0.25, 0.3) is 0 Å². The van der Waals surface area contributed by atoms with Crippen molar-refractivity contribution >= 4 is 12.2 Å². The van der Waals surface area contributed by atoms with E-state index < -0.39 is 0 Å². The summed E-state index contributed by atoms with van der Waals surface area (Å²) < 4.78 is 8.00. The van der Waals surface area contributed by atoms with E-state index in [1.807, 2.05) is 4.57 Å². The van der Waals surface area contributed by atoms with Crippen LogP contribution in [-0.2, 0) is 11.3 Å². The van der Waals surface area contributed by atoms with Crippen LogP contribution in [-0.4, -0.2) is 27.9 Å². The van der Waals surface area contributed by atoms with Crippen molar-refractivity contribution in [2.45, 2.75) is 25.5 Å². The molecule has 0 bridgehead atoms. The zero-order valence-electron chi connectivity index (χ0n) is 7.90. The second-order valence-electron chi connectivity index (χ2n) is 3.46. The van der Waals surface area contributed by atoms with Gasteiger partial charge in [0.15, 0.2) is 4.77 Å². The summed E-state index contributed by atoms with van der Waals surface area (Å²) in [7, 11) is 0. The molecule has 0 aromatic carbocycles. The smallest absolute Gasteiger partial charge is 0.177 e. The molecule has 1 aliphatic rings. The van der Waals surface area contributed by atoms with Gasteiger partial charge >= 0.3 is 0 Å². The Bertz CT molecular complexity index is 352. The normalized spacial score (nSPS) is 18.6. The van der Waals surface area contributed by atoms with Crippen molar-refractivity contribution < 1.29 is 9.84 Å². The van der Waals surface area contributed by atoms with E-state index >= 15 is 0 Å². The molecule has 0 radical (unpaired) electrons. The lowest BCUT2D eigenvalue weighted by Crippen LogP contribution is -2.21. The summed E-state index contributed by atoms with van der Waals surface area (Å²) in [5, 5.41) is 9.14. The second-order valence-corrected chi connectivity index (χ2v) is 3.84. The van der Waals surface area contributed by atoms with Gasteiger partial charge in [-0.1, -0.05) is 0 Å². The summed E-state index contributed by atoms with van der Waals surface area (Å²) >= 11 is 5.18. The number of hydrogen-bond donors (Lipinski definition) is 2. The first-order valence-corrected chi connectivity index (χ1v) is 5.21. The van der Waals surface area contributed by atoms with Crippen LogP contribution in [0.15, 0.2) is 6.20 Å². The molecule has 1 aromatic rings. The van der Waals surface area contributed by atoms with Gasteiger partial charge in [0.1, 0.15) is 0 Å². The number of H-pyrrole nitrogens is 1. The van der Waals surface area contributed by atoms with Gasteiger partial charge in [0.2, 0.25) is 0 Å². The maximum Gasteiger partial charge on any atom is 0.177 e. The Morgan fingerprint density at radius 2 is 2.29 bits per heavy atom. The van der Waals surface area contributed by atoms with Crippen LogP contribution in [0.1, 0.15) is 24.6 Å². The van der Waals surface area contributed by atoms with Crippen molar-refractivity contribution in [2.24, 2.45) is 0 Å². The fourth-order valence-corrected chi connectivity index (χ4v) is 2.21. The van der Waals surface area contributed by atoms with E-state index in [1.165, 1.54) is 0 Å². The van der Waals surface area contributed by atoms with E-state index in [9.17, 15) is 0 Å². The highest BCUT2D eigenvalue weighted by molar-refractivity contribution is 7.71. The number of nitrogens with zero attached hydrogens (tertiary/aromatic N) is 1. The molecule has 0 aliphatic carbocycles. The molecule has 1 fully saturated rings. The van der Waals surface area contributed by atoms with Crippen LogP contribution in [0.5, 0.6) is 0 Å². The van der Waals surface area contributed by atoms with Gasteiger partial charge in [0, 0.05) is 25.5 Å². The van der Waals surface area contributed by atoms with Crippen LogP contribution in [0, 0.1) is 4.77 Å². The van der Waals surface area contributed by atoms with Gasteiger partial charge in [-0.05, 0) is 25.1 Å². The van der Waals surface area contributed by atoms with E-state index in [1.54, 1.807) is 6.20 Å². The Labute approximate surface area is 87.5 Å². The number of aromatic nitrogens is 2. The average molecular weight is 214 g/mol. The summed E-state index contributed by atoms with van der Waals surface area (Å²) in [5.41, 5.74) is 0.863. The monoisotopic (exact) mass is 214 g/mol. The lowest BCUT2D eigenvalue weighted by molar-refractivity contribution is 0.0674. The molecule has 0 amide bonds. The van der Waals surface area contributed by atoms with Gasteiger partial charge in [-0.25, -0.2) is 0 Å². The van der Waals surface area contributed by atoms with Crippen LogP contribution in [0.4, 0.5) is 0 Å². The molecule has 4 nitrogen and oxygen atoms in total. The maximum atomic E-state index is 9.14. The van der Waals surface area contributed by atoms with E-state index in [2.05, 4.69) is 4.98 Å². The summed E-state index contributed by atoms with van der Waals surface area (Å²) in [6.45, 7) is 1.59. The van der Waals surface area contributed by atoms with Crippen molar-refractivity contribution in [1.29, 1.82) is 0 Å². The molecule has 0 saturated carbocycles. The van der Waals surface area contributed by atoms with Crippen molar-refractivity contribution in [2.75, 3.05) is 13.2 Å². The van der Waals surface area contributed by atoms with Crippen LogP contribution < -0.4 is 0 Å². The van der Waals surface area contributed by atoms with Gasteiger partial charge in [-0.3, -0.25) is 0 Å². The molecular formula is C9H14N2O2S. The SMILES string of the molecule is OCc1c[nH]c(=S)n1C1CCOCC1. The highest BCUT2D eigenvalue weighted by atomic mass is 32.1. The molecule has 1 aromatic heterocycles. The minimum atomic E-state index is 0.0322. The molecule has 14 heavy (non-hydrogen) atoms. The Morgan fingerprint density at radius 1 is 1.57 bits per heavy atom. The van der Waals surface area contributed by atoms with Crippen LogP contribution in [0.3, 0.4) is 0 Å². The quantitative estimate of drug-likeness (QED) is 0.731. The van der Waals surface area contributed by atoms with Gasteiger partial charge in [0.25, 0.3) is 0 Å². The topological polar surface area (TPSA) is 50.2 Å². The lowest BCUT2D eigenvalue weighted by atomic mass is 10.1. The summed E-state index contributed by atoms with van der Waals surface area (Å²) in [6.07, 6.45) is 3.72. The number of imidazole rings is 1. The third-order valence-electron chi connectivity index (χ3n) is 2.61. The summed E-state index contributed by atoms with van der Waals surface area (Å²) in [4.78, 5) is 2.96. The van der Waals surface area contributed by atoms with Gasteiger partial charge in [-0.2, -0.15) is 0 Å². The van der Waals surface area contributed by atoms with Crippen molar-refractivity contribution in [1.82, 2.24) is 9.55 Å². The van der Waals surface area contributed by atoms with Crippen molar-refractivity contribution in [3.63, 3.8) is 0 Å². The molecule has 1 saturated heterocycles. The molecule has 5 heteroatoms. The van der Waals surface area contributed by atoms with Crippen molar-refractivity contribution in [3.05, 3.63) is 16.7 Å². The number of nitrogens with one attached hydrogen (secondary N) is 1. The largest absolute Gasteiger partial charge is 0.390 e. The zero-order valence-corrected chi connectivity index (χ0v) is 8.72. The van der Waals surface area contributed by atoms with E-state index in [4.69, 9.17) is 22.1 Å². The maximum absolute atomic E-state index is 9.14. The highest BCUT2D eigenvalue weighted by Crippen LogP contribution is 2.23. The molecule has 1 aliphatic heterocycles. The Hall–Kier alpha value is -0.650. The zero-order chi connectivity index (χ0) is 9.97. The molecule has 2 rings (SSSR count). The minimum Gasteiger partial charge on any atom is -0.390 e. The summed E-state index contributed by atoms with van der Waals surface area (Å²) in [5.74, 6) is 0. The number of ether oxygens (including phenoxy) is 1. The molecular weight excluding hydrogens is 200 g/mol. The number of aromatic amines is 1. The first kappa shape index (κ1) is 9.89. The second kappa shape index (κ2) is 4.25. The number of hydrogen-bond acceptors (Lipinski definition) is 3. The predicted molar refractivity (Wildman–Crippen MR) is 54.6 cm³/mol. The Kier molecular flexibility index (Phi) is 3.00. The molecule has 2 N–H and O–H groups in total. The number of rotatable bonds is 2. The fourth-order valence-electron chi connectivity index (χ4n) is 1.88. The highest BCUT2D eigenvalue weighted by Gasteiger charge is 2.18. The third-order valence-corrected chi connectivity index (χ3v) is 2.92. The first-order chi connectivity index (χ1) is 6.83. The first-order valence-electron chi connectivity index (χ1n) is 4.80. The standard InChI is InChI=1S/C9H14N2O2S/c12-6-8-5-10-9(14)11(8)7-1-3-13-4-2-7/h5,7,12H,1-4,6H2,(H,10,14). The third kappa shape index (κ3) is 1.75. The van der Waals surface area contributed by atoms with E-state index in [-0.39, 0.29) is 6.61 Å². The van der Waals surface area contributed by atoms with Crippen LogP contribution in [0.2, 0.25) is 0 Å². The van der Waals surface area contributed by atoms with Crippen molar-refractivity contribution in [3.8, 4) is 0 Å². The average Bonchev–Trinajstić information content (AvgIpc) is 2.61. The minimum absolute atomic E-state index is 0.0322. The number of aliphatic hydroxyl groups excluding tert-OH is 1. The summed E-state index contributed by atoms with van der Waals surface area (Å²) in [6, 6.07) is 0.379. The lowest BCUT2D eigenvalue weighted by Gasteiger charge is -2.24. The molecule has 78 valence electrons. The molecule has 0 atom stereocenters. The fraction of sp³-hybridized carbons (Fsp3) is 0.667. The van der Waals surface area contributed by atoms with E-state index in [0.717, 1.165) is 31.7 Å². The molecule has 0 unspecified atom stereocenters. The van der Waals surface area contributed by atoms with Gasteiger partial charge in [0.05, 0.1) is 12.3 Å².